The van der Waals surface area contributed by atoms with Crippen molar-refractivity contribution in [3.8, 4) is 0 Å². The fraction of sp³-hybridized carbons (Fsp3) is 1.00. The zero-order valence-electron chi connectivity index (χ0n) is 7.58. The van der Waals surface area contributed by atoms with Crippen molar-refractivity contribution in [3.63, 3.8) is 0 Å². The van der Waals surface area contributed by atoms with E-state index in [-0.39, 0.29) is 0 Å². The fourth-order valence-corrected chi connectivity index (χ4v) is 4.39. The van der Waals surface area contributed by atoms with E-state index in [0.717, 1.165) is 23.7 Å². The average Bonchev–Trinajstić information content (AvgIpc) is 2.45. The third-order valence-corrected chi connectivity index (χ3v) is 4.83. The van der Waals surface area contributed by atoms with Crippen molar-refractivity contribution < 1.29 is 5.11 Å². The summed E-state index contributed by atoms with van der Waals surface area (Å²) in [5, 5.41) is 9.24. The average molecular weight is 166 g/mol. The van der Waals surface area contributed by atoms with Crippen molar-refractivity contribution >= 4 is 0 Å². The van der Waals surface area contributed by atoms with Crippen molar-refractivity contribution in [2.45, 2.75) is 32.1 Å². The van der Waals surface area contributed by atoms with Gasteiger partial charge in [-0.1, -0.05) is 12.8 Å². The highest BCUT2D eigenvalue weighted by Crippen LogP contribution is 2.62. The Morgan fingerprint density at radius 1 is 1.00 bits per heavy atom. The van der Waals surface area contributed by atoms with Crippen LogP contribution in [0, 0.1) is 29.6 Å². The Kier molecular flexibility index (Phi) is 1.52. The van der Waals surface area contributed by atoms with Crippen LogP contribution >= 0.6 is 0 Å². The lowest BCUT2D eigenvalue weighted by molar-refractivity contribution is -0.0754. The van der Waals surface area contributed by atoms with Crippen LogP contribution in [0.3, 0.4) is 0 Å². The Morgan fingerprint density at radius 2 is 1.83 bits per heavy atom. The van der Waals surface area contributed by atoms with E-state index in [1.54, 1.807) is 0 Å². The van der Waals surface area contributed by atoms with Gasteiger partial charge in [0.1, 0.15) is 0 Å². The van der Waals surface area contributed by atoms with Crippen LogP contribution in [-0.2, 0) is 0 Å². The quantitative estimate of drug-likeness (QED) is 0.632. The van der Waals surface area contributed by atoms with Crippen molar-refractivity contribution in [1.82, 2.24) is 0 Å². The fourth-order valence-electron chi connectivity index (χ4n) is 4.39. The van der Waals surface area contributed by atoms with E-state index in [2.05, 4.69) is 0 Å². The molecule has 3 fully saturated rings. The first-order chi connectivity index (χ1) is 5.92. The van der Waals surface area contributed by atoms with Gasteiger partial charge in [-0.25, -0.2) is 0 Å². The number of aliphatic hydroxyl groups excluding tert-OH is 1. The second-order valence-electron chi connectivity index (χ2n) is 5.02. The Bertz CT molecular complexity index is 189. The molecule has 1 nitrogen and oxygen atoms in total. The molecule has 3 aliphatic carbocycles. The van der Waals surface area contributed by atoms with Crippen LogP contribution in [0.4, 0.5) is 0 Å². The molecule has 12 heavy (non-hydrogen) atoms. The molecule has 0 aromatic rings. The molecule has 68 valence electrons. The molecule has 5 unspecified atom stereocenters. The minimum atomic E-state index is 0.471. The van der Waals surface area contributed by atoms with E-state index in [1.165, 1.54) is 32.1 Å². The number of hydrogen-bond acceptors (Lipinski definition) is 1. The molecular formula is C11H18O. The molecule has 0 aliphatic heterocycles. The van der Waals surface area contributed by atoms with Gasteiger partial charge in [-0.15, -0.1) is 0 Å². The predicted molar refractivity (Wildman–Crippen MR) is 47.6 cm³/mol. The Balaban J connectivity index is 1.82. The standard InChI is InChI=1S/C11H18O/c12-6-10-8-3-1-2-7-4-5-9(10)11(7)8/h7-12H,1-6H2. The molecule has 5 atom stereocenters. The molecule has 0 bridgehead atoms. The molecule has 3 saturated carbocycles. The minimum absolute atomic E-state index is 0.471. The summed E-state index contributed by atoms with van der Waals surface area (Å²) in [7, 11) is 0. The van der Waals surface area contributed by atoms with Crippen molar-refractivity contribution in [2.24, 2.45) is 29.6 Å². The molecule has 0 amide bonds. The van der Waals surface area contributed by atoms with Gasteiger partial charge in [-0.2, -0.15) is 0 Å². The van der Waals surface area contributed by atoms with Crippen LogP contribution in [0.25, 0.3) is 0 Å². The van der Waals surface area contributed by atoms with Gasteiger partial charge >= 0.3 is 0 Å². The monoisotopic (exact) mass is 166 g/mol. The van der Waals surface area contributed by atoms with E-state index in [1.807, 2.05) is 0 Å². The lowest BCUT2D eigenvalue weighted by Gasteiger charge is -2.53. The van der Waals surface area contributed by atoms with E-state index in [4.69, 9.17) is 0 Å². The maximum absolute atomic E-state index is 9.24. The Labute approximate surface area is 74.2 Å². The van der Waals surface area contributed by atoms with Crippen LogP contribution in [0.15, 0.2) is 0 Å². The summed E-state index contributed by atoms with van der Waals surface area (Å²) in [4.78, 5) is 0. The molecule has 0 radical (unpaired) electrons. The van der Waals surface area contributed by atoms with Crippen molar-refractivity contribution in [3.05, 3.63) is 0 Å². The maximum atomic E-state index is 9.24. The summed E-state index contributed by atoms with van der Waals surface area (Å²) in [6.07, 6.45) is 7.26. The molecule has 3 rings (SSSR count). The van der Waals surface area contributed by atoms with E-state index in [0.29, 0.717) is 12.5 Å². The highest BCUT2D eigenvalue weighted by molar-refractivity contribution is 5.05. The lowest BCUT2D eigenvalue weighted by atomic mass is 9.52. The molecule has 1 N–H and O–H groups in total. The molecule has 3 aliphatic rings. The van der Waals surface area contributed by atoms with Crippen LogP contribution in [0.1, 0.15) is 32.1 Å². The smallest absolute Gasteiger partial charge is 0.0464 e. The summed E-state index contributed by atoms with van der Waals surface area (Å²) in [5.41, 5.74) is 0. The highest BCUT2D eigenvalue weighted by atomic mass is 16.3. The summed E-state index contributed by atoms with van der Waals surface area (Å²) in [6, 6.07) is 0. The van der Waals surface area contributed by atoms with Gasteiger partial charge in [-0.05, 0) is 48.9 Å². The summed E-state index contributed by atoms with van der Waals surface area (Å²) in [6.45, 7) is 0.471. The molecule has 0 aromatic carbocycles. The van der Waals surface area contributed by atoms with Crippen LogP contribution < -0.4 is 0 Å². The number of rotatable bonds is 1. The first-order valence-corrected chi connectivity index (χ1v) is 5.52. The molecule has 0 aromatic heterocycles. The van der Waals surface area contributed by atoms with Crippen LogP contribution in [0.2, 0.25) is 0 Å². The minimum Gasteiger partial charge on any atom is -0.396 e. The van der Waals surface area contributed by atoms with Gasteiger partial charge < -0.3 is 5.11 Å². The van der Waals surface area contributed by atoms with Gasteiger partial charge in [-0.3, -0.25) is 0 Å². The van der Waals surface area contributed by atoms with Gasteiger partial charge in [0, 0.05) is 6.61 Å². The number of aliphatic hydroxyl groups is 1. The second kappa shape index (κ2) is 2.47. The second-order valence-corrected chi connectivity index (χ2v) is 5.02. The lowest BCUT2D eigenvalue weighted by Crippen LogP contribution is -2.49. The molecule has 0 saturated heterocycles. The van der Waals surface area contributed by atoms with Crippen molar-refractivity contribution in [2.75, 3.05) is 6.61 Å². The van der Waals surface area contributed by atoms with E-state index in [9.17, 15) is 5.11 Å². The van der Waals surface area contributed by atoms with E-state index >= 15 is 0 Å². The Hall–Kier alpha value is -0.0400. The van der Waals surface area contributed by atoms with Crippen LogP contribution in [0.5, 0.6) is 0 Å². The number of hydrogen-bond donors (Lipinski definition) is 1. The first-order valence-electron chi connectivity index (χ1n) is 5.52. The zero-order valence-corrected chi connectivity index (χ0v) is 7.58. The molecule has 0 spiro atoms. The van der Waals surface area contributed by atoms with Gasteiger partial charge in [0.15, 0.2) is 0 Å². The summed E-state index contributed by atoms with van der Waals surface area (Å²) < 4.78 is 0. The van der Waals surface area contributed by atoms with Gasteiger partial charge in [0.05, 0.1) is 0 Å². The van der Waals surface area contributed by atoms with Gasteiger partial charge in [0.2, 0.25) is 0 Å². The third-order valence-electron chi connectivity index (χ3n) is 4.83. The topological polar surface area (TPSA) is 20.2 Å². The van der Waals surface area contributed by atoms with Crippen LogP contribution in [-0.4, -0.2) is 11.7 Å². The molecule has 0 heterocycles. The van der Waals surface area contributed by atoms with Gasteiger partial charge in [0.25, 0.3) is 0 Å². The Morgan fingerprint density at radius 3 is 2.67 bits per heavy atom. The third kappa shape index (κ3) is 0.736. The predicted octanol–water partition coefficient (Wildman–Crippen LogP) is 2.05. The zero-order chi connectivity index (χ0) is 8.13. The highest BCUT2D eigenvalue weighted by Gasteiger charge is 2.56. The molecular weight excluding hydrogens is 148 g/mol. The molecule has 1 heteroatoms. The first kappa shape index (κ1) is 7.37. The summed E-state index contributed by atoms with van der Waals surface area (Å²) in [5.74, 6) is 4.69. The summed E-state index contributed by atoms with van der Waals surface area (Å²) >= 11 is 0. The van der Waals surface area contributed by atoms with Crippen molar-refractivity contribution in [1.29, 1.82) is 0 Å². The van der Waals surface area contributed by atoms with E-state index < -0.39 is 0 Å². The SMILES string of the molecule is OCC1C2CCCC3CCC1C32. The normalized spacial score (nSPS) is 56.2. The maximum Gasteiger partial charge on any atom is 0.0464 e. The largest absolute Gasteiger partial charge is 0.396 e.